The Kier molecular flexibility index (Phi) is 4.62. The minimum atomic E-state index is -1.21. The molecule has 2 heterocycles. The normalized spacial score (nSPS) is 21.4. The predicted molar refractivity (Wildman–Crippen MR) is 91.9 cm³/mol. The number of pyridine rings is 1. The van der Waals surface area contributed by atoms with Crippen LogP contribution in [0, 0.1) is 11.3 Å². The highest BCUT2D eigenvalue weighted by Crippen LogP contribution is 2.41. The first kappa shape index (κ1) is 17.8. The summed E-state index contributed by atoms with van der Waals surface area (Å²) in [5, 5.41) is 18.2. The van der Waals surface area contributed by atoms with Crippen molar-refractivity contribution in [2.45, 2.75) is 31.7 Å². The summed E-state index contributed by atoms with van der Waals surface area (Å²) in [5.74, 6) is 0. The van der Waals surface area contributed by atoms with Gasteiger partial charge in [-0.05, 0) is 37.1 Å². The summed E-state index contributed by atoms with van der Waals surface area (Å²) in [4.78, 5) is 16.6. The molecule has 1 saturated heterocycles. The van der Waals surface area contributed by atoms with Crippen LogP contribution >= 0.6 is 0 Å². The summed E-state index contributed by atoms with van der Waals surface area (Å²) in [6, 6.07) is 11.8. The second-order valence-corrected chi connectivity index (χ2v) is 6.53. The summed E-state index contributed by atoms with van der Waals surface area (Å²) >= 11 is 0. The van der Waals surface area contributed by atoms with E-state index >= 15 is 0 Å². The lowest BCUT2D eigenvalue weighted by Gasteiger charge is -2.29. The van der Waals surface area contributed by atoms with Crippen LogP contribution in [0.5, 0.6) is 0 Å². The maximum absolute atomic E-state index is 13.6. The number of nitrogens with zero attached hydrogens (tertiary/aromatic N) is 3. The number of halogens is 1. The molecule has 2 aromatic rings. The van der Waals surface area contributed by atoms with Crippen LogP contribution in [-0.4, -0.2) is 39.5 Å². The third-order valence-corrected chi connectivity index (χ3v) is 4.49. The molecule has 1 fully saturated rings. The van der Waals surface area contributed by atoms with Crippen LogP contribution in [0.2, 0.25) is 0 Å². The number of benzene rings is 1. The van der Waals surface area contributed by atoms with Crippen LogP contribution in [0.4, 0.5) is 9.18 Å². The van der Waals surface area contributed by atoms with Crippen molar-refractivity contribution in [2.75, 3.05) is 6.67 Å². The topological polar surface area (TPSA) is 86.5 Å². The molecule has 2 atom stereocenters. The predicted octanol–water partition coefficient (Wildman–Crippen LogP) is 3.75. The number of rotatable bonds is 3. The van der Waals surface area contributed by atoms with Crippen LogP contribution in [0.3, 0.4) is 0 Å². The lowest BCUT2D eigenvalue weighted by atomic mass is 9.99. The molecule has 0 bridgehead atoms. The smallest absolute Gasteiger partial charge is 0.410 e. The highest BCUT2D eigenvalue weighted by atomic mass is 19.1. The Morgan fingerprint density at radius 2 is 1.96 bits per heavy atom. The molecule has 0 radical (unpaired) electrons. The van der Waals surface area contributed by atoms with Crippen molar-refractivity contribution in [3.05, 3.63) is 53.9 Å². The van der Waals surface area contributed by atoms with Gasteiger partial charge in [0.25, 0.3) is 0 Å². The molecule has 0 unspecified atom stereocenters. The molecule has 7 heteroatoms. The van der Waals surface area contributed by atoms with E-state index in [1.165, 1.54) is 0 Å². The van der Waals surface area contributed by atoms with Gasteiger partial charge in [0.1, 0.15) is 30.3 Å². The van der Waals surface area contributed by atoms with Gasteiger partial charge in [-0.15, -0.1) is 0 Å². The third-order valence-electron chi connectivity index (χ3n) is 4.49. The standard InChI is InChI=1S/C19H18FN3O3/c1-19(2)23(18(24)25)16(9-20)17(26-19)13-5-3-12(4-6-13)14-7-8-15(10-21)22-11-14/h3-8,11,16-17H,9H2,1-2H3,(H,24,25)/t16-,17-/m1/s1. The number of amides is 1. The lowest BCUT2D eigenvalue weighted by molar-refractivity contribution is -0.0674. The molecule has 0 aliphatic carbocycles. The van der Waals surface area contributed by atoms with E-state index in [1.54, 1.807) is 44.3 Å². The van der Waals surface area contributed by atoms with Crippen molar-refractivity contribution in [3.63, 3.8) is 0 Å². The van der Waals surface area contributed by atoms with Crippen molar-refractivity contribution < 1.29 is 19.0 Å². The van der Waals surface area contributed by atoms with E-state index in [2.05, 4.69) is 4.98 Å². The molecule has 134 valence electrons. The zero-order valence-electron chi connectivity index (χ0n) is 14.4. The Hall–Kier alpha value is -2.98. The van der Waals surface area contributed by atoms with Gasteiger partial charge in [-0.25, -0.2) is 14.2 Å². The summed E-state index contributed by atoms with van der Waals surface area (Å²) in [7, 11) is 0. The summed E-state index contributed by atoms with van der Waals surface area (Å²) < 4.78 is 19.4. The number of carbonyl (C=O) groups is 1. The second-order valence-electron chi connectivity index (χ2n) is 6.53. The molecular weight excluding hydrogens is 337 g/mol. The molecule has 1 aromatic carbocycles. The summed E-state index contributed by atoms with van der Waals surface area (Å²) in [6.07, 6.45) is -0.279. The second kappa shape index (κ2) is 6.73. The maximum atomic E-state index is 13.6. The Bertz CT molecular complexity index is 844. The third kappa shape index (κ3) is 3.11. The number of ether oxygens (including phenoxy) is 1. The number of aromatic nitrogens is 1. The number of hydrogen-bond acceptors (Lipinski definition) is 4. The molecule has 1 amide bonds. The van der Waals surface area contributed by atoms with Crippen molar-refractivity contribution in [3.8, 4) is 17.2 Å². The van der Waals surface area contributed by atoms with Crippen LogP contribution in [0.25, 0.3) is 11.1 Å². The highest BCUT2D eigenvalue weighted by molar-refractivity contribution is 5.67. The first-order valence-electron chi connectivity index (χ1n) is 8.10. The lowest BCUT2D eigenvalue weighted by Crippen LogP contribution is -2.48. The van der Waals surface area contributed by atoms with Gasteiger partial charge in [-0.2, -0.15) is 5.26 Å². The zero-order chi connectivity index (χ0) is 18.9. The molecule has 1 N–H and O–H groups in total. The van der Waals surface area contributed by atoms with Gasteiger partial charge in [0.2, 0.25) is 0 Å². The average molecular weight is 355 g/mol. The van der Waals surface area contributed by atoms with Crippen molar-refractivity contribution in [1.29, 1.82) is 5.26 Å². The van der Waals surface area contributed by atoms with Crippen LogP contribution < -0.4 is 0 Å². The zero-order valence-corrected chi connectivity index (χ0v) is 14.4. The molecule has 3 rings (SSSR count). The quantitative estimate of drug-likeness (QED) is 0.906. The molecule has 0 spiro atoms. The number of carboxylic acid groups (broad SMARTS) is 1. The molecule has 1 aliphatic rings. The minimum Gasteiger partial charge on any atom is -0.465 e. The number of alkyl halides is 1. The molecule has 0 saturated carbocycles. The Morgan fingerprint density at radius 1 is 1.31 bits per heavy atom. The summed E-state index contributed by atoms with van der Waals surface area (Å²) in [6.45, 7) is 2.39. The molecule has 1 aliphatic heterocycles. The van der Waals surface area contributed by atoms with Gasteiger partial charge in [0.15, 0.2) is 0 Å². The van der Waals surface area contributed by atoms with Crippen LogP contribution in [0.15, 0.2) is 42.6 Å². The number of nitriles is 1. The molecule has 6 nitrogen and oxygen atoms in total. The van der Waals surface area contributed by atoms with Crippen molar-refractivity contribution in [1.82, 2.24) is 9.88 Å². The first-order valence-corrected chi connectivity index (χ1v) is 8.10. The Labute approximate surface area is 150 Å². The van der Waals surface area contributed by atoms with E-state index in [1.807, 2.05) is 18.2 Å². The van der Waals surface area contributed by atoms with Gasteiger partial charge < -0.3 is 9.84 Å². The monoisotopic (exact) mass is 355 g/mol. The van der Waals surface area contributed by atoms with Crippen molar-refractivity contribution >= 4 is 6.09 Å². The van der Waals surface area contributed by atoms with E-state index in [0.717, 1.165) is 16.0 Å². The van der Waals surface area contributed by atoms with Crippen LogP contribution in [-0.2, 0) is 4.74 Å². The minimum absolute atomic E-state index is 0.339. The molecule has 1 aromatic heterocycles. The maximum Gasteiger partial charge on any atom is 0.410 e. The SMILES string of the molecule is CC1(C)O[C@H](c2ccc(-c3ccc(C#N)nc3)cc2)[C@@H](CF)N1C(=O)O. The van der Waals surface area contributed by atoms with E-state index < -0.39 is 30.6 Å². The van der Waals surface area contributed by atoms with E-state index in [4.69, 9.17) is 10.00 Å². The van der Waals surface area contributed by atoms with Gasteiger partial charge in [-0.1, -0.05) is 24.3 Å². The average Bonchev–Trinajstić information content (AvgIpc) is 2.92. The number of hydrogen-bond donors (Lipinski definition) is 1. The van der Waals surface area contributed by atoms with E-state index in [-0.39, 0.29) is 0 Å². The van der Waals surface area contributed by atoms with Gasteiger partial charge in [0.05, 0.1) is 6.04 Å². The van der Waals surface area contributed by atoms with E-state index in [0.29, 0.717) is 11.3 Å². The highest BCUT2D eigenvalue weighted by Gasteiger charge is 2.50. The fraction of sp³-hybridized carbons (Fsp3) is 0.316. The largest absolute Gasteiger partial charge is 0.465 e. The first-order chi connectivity index (χ1) is 12.4. The van der Waals surface area contributed by atoms with Crippen molar-refractivity contribution in [2.24, 2.45) is 0 Å². The van der Waals surface area contributed by atoms with E-state index in [9.17, 15) is 14.3 Å². The fourth-order valence-electron chi connectivity index (χ4n) is 3.29. The summed E-state index contributed by atoms with van der Waals surface area (Å²) in [5.41, 5.74) is 1.66. The van der Waals surface area contributed by atoms with Gasteiger partial charge in [0, 0.05) is 11.8 Å². The molecule has 26 heavy (non-hydrogen) atoms. The van der Waals surface area contributed by atoms with Gasteiger partial charge in [-0.3, -0.25) is 4.90 Å². The molecular formula is C19H18FN3O3. The van der Waals surface area contributed by atoms with Gasteiger partial charge >= 0.3 is 6.09 Å². The Morgan fingerprint density at radius 3 is 2.46 bits per heavy atom. The Balaban J connectivity index is 1.88. The van der Waals surface area contributed by atoms with Crippen LogP contribution in [0.1, 0.15) is 31.2 Å². The fourth-order valence-corrected chi connectivity index (χ4v) is 3.29.